The minimum Gasteiger partial charge on any atom is -0.373 e. The molecule has 1 fully saturated rings. The fourth-order valence-corrected chi connectivity index (χ4v) is 3.19. The van der Waals surface area contributed by atoms with Gasteiger partial charge >= 0.3 is 0 Å². The molecule has 0 spiro atoms. The number of benzene rings is 1. The predicted molar refractivity (Wildman–Crippen MR) is 73.9 cm³/mol. The van der Waals surface area contributed by atoms with Crippen LogP contribution in [0, 0.1) is 5.82 Å². The molecule has 0 heterocycles. The Labute approximate surface area is 114 Å². The van der Waals surface area contributed by atoms with E-state index in [1.165, 1.54) is 12.5 Å². The van der Waals surface area contributed by atoms with E-state index in [4.69, 9.17) is 10.6 Å². The molecule has 0 aromatic heterocycles. The molecule has 0 amide bonds. The molecular formula is C15H23FN2O. The Balaban J connectivity index is 2.34. The van der Waals surface area contributed by atoms with Crippen LogP contribution in [0.5, 0.6) is 0 Å². The molecule has 1 saturated carbocycles. The third-order valence-corrected chi connectivity index (χ3v) is 4.04. The third-order valence-electron chi connectivity index (χ3n) is 4.04. The molecule has 1 aliphatic rings. The van der Waals surface area contributed by atoms with Crippen LogP contribution in [0.1, 0.15) is 50.6 Å². The van der Waals surface area contributed by atoms with Gasteiger partial charge in [-0.15, -0.1) is 0 Å². The summed E-state index contributed by atoms with van der Waals surface area (Å²) in [4.78, 5) is 0. The fraction of sp³-hybridized carbons (Fsp3) is 0.600. The van der Waals surface area contributed by atoms with Gasteiger partial charge in [0.25, 0.3) is 0 Å². The van der Waals surface area contributed by atoms with Crippen molar-refractivity contribution in [3.8, 4) is 0 Å². The van der Waals surface area contributed by atoms with E-state index in [1.807, 2.05) is 13.0 Å². The predicted octanol–water partition coefficient (Wildman–Crippen LogP) is 3.07. The average molecular weight is 266 g/mol. The van der Waals surface area contributed by atoms with Crippen LogP contribution in [0.25, 0.3) is 0 Å². The maximum absolute atomic E-state index is 14.0. The van der Waals surface area contributed by atoms with Gasteiger partial charge in [0.1, 0.15) is 5.82 Å². The lowest BCUT2D eigenvalue weighted by Crippen LogP contribution is -2.50. The van der Waals surface area contributed by atoms with E-state index in [0.29, 0.717) is 12.2 Å². The van der Waals surface area contributed by atoms with Gasteiger partial charge in [-0.25, -0.2) is 9.82 Å². The summed E-state index contributed by atoms with van der Waals surface area (Å²) in [6.07, 6.45) is 5.26. The molecule has 3 N–H and O–H groups in total. The second-order valence-corrected chi connectivity index (χ2v) is 5.18. The Morgan fingerprint density at radius 3 is 2.58 bits per heavy atom. The van der Waals surface area contributed by atoms with Crippen molar-refractivity contribution in [1.29, 1.82) is 0 Å². The molecule has 0 saturated heterocycles. The van der Waals surface area contributed by atoms with E-state index in [0.717, 1.165) is 25.7 Å². The Hall–Kier alpha value is -0.970. The zero-order valence-electron chi connectivity index (χ0n) is 11.5. The molecule has 1 unspecified atom stereocenters. The summed E-state index contributed by atoms with van der Waals surface area (Å²) in [5.74, 6) is 5.50. The van der Waals surface area contributed by atoms with Gasteiger partial charge in [-0.1, -0.05) is 37.5 Å². The average Bonchev–Trinajstić information content (AvgIpc) is 2.43. The van der Waals surface area contributed by atoms with Crippen molar-refractivity contribution in [2.45, 2.75) is 50.7 Å². The van der Waals surface area contributed by atoms with Crippen molar-refractivity contribution in [1.82, 2.24) is 5.43 Å². The molecule has 1 atom stereocenters. The molecule has 106 valence electrons. The number of nitrogens with one attached hydrogen (secondary N) is 1. The number of hydrogen-bond acceptors (Lipinski definition) is 3. The highest BCUT2D eigenvalue weighted by Crippen LogP contribution is 2.41. The first kappa shape index (κ1) is 14.4. The van der Waals surface area contributed by atoms with E-state index < -0.39 is 0 Å². The zero-order valence-corrected chi connectivity index (χ0v) is 11.5. The Morgan fingerprint density at radius 2 is 2.00 bits per heavy atom. The monoisotopic (exact) mass is 266 g/mol. The van der Waals surface area contributed by atoms with E-state index >= 15 is 0 Å². The Morgan fingerprint density at radius 1 is 1.32 bits per heavy atom. The number of hydrogen-bond donors (Lipinski definition) is 2. The Kier molecular flexibility index (Phi) is 4.91. The van der Waals surface area contributed by atoms with E-state index in [9.17, 15) is 4.39 Å². The Bertz CT molecular complexity index is 399. The second kappa shape index (κ2) is 6.46. The van der Waals surface area contributed by atoms with Crippen molar-refractivity contribution >= 4 is 0 Å². The van der Waals surface area contributed by atoms with Gasteiger partial charge in [-0.2, -0.15) is 0 Å². The lowest BCUT2D eigenvalue weighted by Gasteiger charge is -2.43. The van der Waals surface area contributed by atoms with E-state index in [-0.39, 0.29) is 17.5 Å². The second-order valence-electron chi connectivity index (χ2n) is 5.18. The normalized spacial score (nSPS) is 20.2. The lowest BCUT2D eigenvalue weighted by molar-refractivity contribution is -0.0920. The number of halogens is 1. The van der Waals surface area contributed by atoms with E-state index in [1.54, 1.807) is 12.1 Å². The molecule has 0 aliphatic heterocycles. The van der Waals surface area contributed by atoms with Gasteiger partial charge in [0.2, 0.25) is 0 Å². The third kappa shape index (κ3) is 2.96. The minimum atomic E-state index is -0.385. The highest BCUT2D eigenvalue weighted by molar-refractivity contribution is 5.24. The summed E-state index contributed by atoms with van der Waals surface area (Å²) >= 11 is 0. The van der Waals surface area contributed by atoms with Crippen LogP contribution >= 0.6 is 0 Å². The number of ether oxygens (including phenoxy) is 1. The van der Waals surface area contributed by atoms with Gasteiger partial charge in [-0.05, 0) is 25.8 Å². The maximum atomic E-state index is 14.0. The van der Waals surface area contributed by atoms with Crippen LogP contribution in [-0.4, -0.2) is 12.2 Å². The molecule has 19 heavy (non-hydrogen) atoms. The van der Waals surface area contributed by atoms with Crippen LogP contribution < -0.4 is 11.3 Å². The molecule has 3 nitrogen and oxygen atoms in total. The molecule has 0 bridgehead atoms. The quantitative estimate of drug-likeness (QED) is 0.636. The first-order valence-electron chi connectivity index (χ1n) is 7.08. The number of hydrazine groups is 1. The molecule has 0 radical (unpaired) electrons. The van der Waals surface area contributed by atoms with Crippen LogP contribution in [0.3, 0.4) is 0 Å². The summed E-state index contributed by atoms with van der Waals surface area (Å²) in [5, 5.41) is 0. The molecule has 4 heteroatoms. The molecular weight excluding hydrogens is 243 g/mol. The van der Waals surface area contributed by atoms with E-state index in [2.05, 4.69) is 5.43 Å². The molecule has 1 aromatic carbocycles. The summed E-state index contributed by atoms with van der Waals surface area (Å²) in [5.41, 5.74) is 3.00. The fourth-order valence-electron chi connectivity index (χ4n) is 3.19. The van der Waals surface area contributed by atoms with Gasteiger partial charge in [0.05, 0.1) is 11.6 Å². The lowest BCUT2D eigenvalue weighted by atomic mass is 9.76. The first-order valence-corrected chi connectivity index (χ1v) is 7.08. The highest BCUT2D eigenvalue weighted by Gasteiger charge is 2.42. The van der Waals surface area contributed by atoms with Crippen molar-refractivity contribution in [3.05, 3.63) is 35.6 Å². The van der Waals surface area contributed by atoms with Gasteiger partial charge in [-0.3, -0.25) is 5.84 Å². The van der Waals surface area contributed by atoms with Crippen LogP contribution in [0.15, 0.2) is 24.3 Å². The summed E-state index contributed by atoms with van der Waals surface area (Å²) < 4.78 is 20.1. The summed E-state index contributed by atoms with van der Waals surface area (Å²) in [6, 6.07) is 6.50. The van der Waals surface area contributed by atoms with Crippen LogP contribution in [0.2, 0.25) is 0 Å². The molecule has 1 aliphatic carbocycles. The number of rotatable bonds is 5. The summed E-state index contributed by atoms with van der Waals surface area (Å²) in [6.45, 7) is 2.60. The topological polar surface area (TPSA) is 47.3 Å². The van der Waals surface area contributed by atoms with Crippen LogP contribution in [-0.2, 0) is 4.74 Å². The van der Waals surface area contributed by atoms with Gasteiger partial charge in [0.15, 0.2) is 0 Å². The minimum absolute atomic E-state index is 0.227. The van der Waals surface area contributed by atoms with Crippen molar-refractivity contribution in [2.75, 3.05) is 6.61 Å². The van der Waals surface area contributed by atoms with Crippen LogP contribution in [0.4, 0.5) is 4.39 Å². The molecule has 1 aromatic rings. The van der Waals surface area contributed by atoms with Crippen molar-refractivity contribution < 1.29 is 9.13 Å². The largest absolute Gasteiger partial charge is 0.373 e. The SMILES string of the molecule is CCOC1(C(NN)c2ccccc2F)CCCCC1. The first-order chi connectivity index (χ1) is 9.23. The van der Waals surface area contributed by atoms with Crippen molar-refractivity contribution in [3.63, 3.8) is 0 Å². The highest BCUT2D eigenvalue weighted by atomic mass is 19.1. The van der Waals surface area contributed by atoms with Crippen molar-refractivity contribution in [2.24, 2.45) is 5.84 Å². The summed E-state index contributed by atoms with van der Waals surface area (Å²) in [7, 11) is 0. The zero-order chi connectivity index (χ0) is 13.7. The smallest absolute Gasteiger partial charge is 0.128 e. The van der Waals surface area contributed by atoms with Gasteiger partial charge < -0.3 is 4.74 Å². The maximum Gasteiger partial charge on any atom is 0.128 e. The molecule has 2 rings (SSSR count). The number of nitrogens with two attached hydrogens (primary N) is 1. The standard InChI is InChI=1S/C15H23FN2O/c1-2-19-15(10-6-3-7-11-15)14(18-17)12-8-4-5-9-13(12)16/h4-5,8-9,14,18H,2-3,6-7,10-11,17H2,1H3. The van der Waals surface area contributed by atoms with Gasteiger partial charge in [0, 0.05) is 12.2 Å².